The van der Waals surface area contributed by atoms with Gasteiger partial charge in [0.2, 0.25) is 0 Å². The highest BCUT2D eigenvalue weighted by Crippen LogP contribution is 2.26. The maximum absolute atomic E-state index is 13.5. The number of para-hydroxylation sites is 1. The summed E-state index contributed by atoms with van der Waals surface area (Å²) in [6, 6.07) is 25.8. The van der Waals surface area contributed by atoms with Crippen molar-refractivity contribution in [3.8, 4) is 11.3 Å². The van der Waals surface area contributed by atoms with Gasteiger partial charge in [0.25, 0.3) is 10.0 Å². The molecule has 0 aliphatic heterocycles. The monoisotopic (exact) mass is 418 g/mol. The normalized spacial score (nSPS) is 11.4. The molecule has 0 N–H and O–H groups in total. The molecule has 0 bridgehead atoms. The zero-order valence-electron chi connectivity index (χ0n) is 16.6. The van der Waals surface area contributed by atoms with E-state index in [1.807, 2.05) is 60.7 Å². The zero-order chi connectivity index (χ0) is 21.0. The van der Waals surface area contributed by atoms with Gasteiger partial charge in [-0.3, -0.25) is 4.31 Å². The number of hydrogen-bond acceptors (Lipinski definition) is 4. The molecule has 3 aromatic carbocycles. The second-order valence-electron chi connectivity index (χ2n) is 6.92. The van der Waals surface area contributed by atoms with Crippen LogP contribution in [0.25, 0.3) is 11.3 Å². The number of oxazole rings is 1. The van der Waals surface area contributed by atoms with Crippen molar-refractivity contribution in [2.24, 2.45) is 0 Å². The summed E-state index contributed by atoms with van der Waals surface area (Å²) in [5, 5.41) is 0. The molecule has 6 heteroatoms. The first-order valence-electron chi connectivity index (χ1n) is 9.68. The minimum absolute atomic E-state index is 0.239. The van der Waals surface area contributed by atoms with Gasteiger partial charge in [0.1, 0.15) is 12.0 Å². The van der Waals surface area contributed by atoms with Crippen molar-refractivity contribution in [1.29, 1.82) is 0 Å². The summed E-state index contributed by atoms with van der Waals surface area (Å²) in [6.07, 6.45) is 2.18. The fraction of sp³-hybridized carbons (Fsp3) is 0.125. The molecule has 0 amide bonds. The van der Waals surface area contributed by atoms with Crippen LogP contribution in [0.1, 0.15) is 11.5 Å². The van der Waals surface area contributed by atoms with E-state index in [1.54, 1.807) is 37.5 Å². The molecular weight excluding hydrogens is 396 g/mol. The molecule has 4 rings (SSSR count). The third-order valence-corrected chi connectivity index (χ3v) is 6.69. The smallest absolute Gasteiger partial charge is 0.264 e. The van der Waals surface area contributed by atoms with Crippen LogP contribution in [0, 0.1) is 6.92 Å². The van der Waals surface area contributed by atoms with Gasteiger partial charge in [0, 0.05) is 19.0 Å². The first kappa shape index (κ1) is 19.9. The number of anilines is 1. The lowest BCUT2D eigenvalue weighted by molar-refractivity contribution is 0.521. The summed E-state index contributed by atoms with van der Waals surface area (Å²) in [4.78, 5) is 4.53. The number of rotatable bonds is 7. The van der Waals surface area contributed by atoms with Gasteiger partial charge < -0.3 is 4.42 Å². The van der Waals surface area contributed by atoms with Gasteiger partial charge in [-0.1, -0.05) is 60.7 Å². The lowest BCUT2D eigenvalue weighted by Gasteiger charge is -2.24. The Morgan fingerprint density at radius 2 is 1.50 bits per heavy atom. The highest BCUT2D eigenvalue weighted by atomic mass is 32.2. The number of sulfonamides is 1. The molecular formula is C24H22N2O3S. The molecule has 5 nitrogen and oxygen atoms in total. The molecule has 0 aliphatic rings. The van der Waals surface area contributed by atoms with Gasteiger partial charge in [-0.25, -0.2) is 13.4 Å². The first-order valence-corrected chi connectivity index (χ1v) is 11.1. The highest BCUT2D eigenvalue weighted by molar-refractivity contribution is 7.92. The van der Waals surface area contributed by atoms with Crippen molar-refractivity contribution in [1.82, 2.24) is 4.98 Å². The zero-order valence-corrected chi connectivity index (χ0v) is 17.4. The van der Waals surface area contributed by atoms with E-state index in [2.05, 4.69) is 4.98 Å². The number of aromatic nitrogens is 1. The van der Waals surface area contributed by atoms with Gasteiger partial charge in [0.05, 0.1) is 10.6 Å². The molecule has 1 heterocycles. The maximum Gasteiger partial charge on any atom is 0.264 e. The van der Waals surface area contributed by atoms with E-state index >= 15 is 0 Å². The van der Waals surface area contributed by atoms with Crippen LogP contribution >= 0.6 is 0 Å². The summed E-state index contributed by atoms with van der Waals surface area (Å²) >= 11 is 0. The molecule has 1 aromatic heterocycles. The summed E-state index contributed by atoms with van der Waals surface area (Å²) in [7, 11) is -3.73. The van der Waals surface area contributed by atoms with E-state index in [1.165, 1.54) is 4.31 Å². The molecule has 0 saturated carbocycles. The van der Waals surface area contributed by atoms with Crippen LogP contribution in [-0.4, -0.2) is 19.9 Å². The van der Waals surface area contributed by atoms with Gasteiger partial charge in [-0.05, 0) is 36.2 Å². The van der Waals surface area contributed by atoms with Crippen LogP contribution in [-0.2, 0) is 16.4 Å². The number of hydrogen-bond donors (Lipinski definition) is 0. The number of benzene rings is 3. The van der Waals surface area contributed by atoms with Gasteiger partial charge >= 0.3 is 0 Å². The van der Waals surface area contributed by atoms with Crippen molar-refractivity contribution in [3.05, 3.63) is 103 Å². The standard InChI is InChI=1S/C24H22N2O3S/c1-19-25-24(18-29-19)21-12-14-23(15-13-21)30(27,28)26(22-10-6-3-7-11-22)17-16-20-8-4-2-5-9-20/h2-15,18H,16-17H2,1H3. The Morgan fingerprint density at radius 3 is 2.10 bits per heavy atom. The average Bonchev–Trinajstić information content (AvgIpc) is 3.22. The van der Waals surface area contributed by atoms with E-state index in [0.717, 1.165) is 11.1 Å². The summed E-state index contributed by atoms with van der Waals surface area (Å²) in [6.45, 7) is 2.12. The molecule has 0 atom stereocenters. The van der Waals surface area contributed by atoms with Gasteiger partial charge in [-0.2, -0.15) is 0 Å². The number of aryl methyl sites for hydroxylation is 1. The predicted molar refractivity (Wildman–Crippen MR) is 118 cm³/mol. The van der Waals surface area contributed by atoms with Crippen LogP contribution < -0.4 is 4.31 Å². The lowest BCUT2D eigenvalue weighted by Crippen LogP contribution is -2.33. The third-order valence-electron chi connectivity index (χ3n) is 4.85. The molecule has 0 unspecified atom stereocenters. The van der Waals surface area contributed by atoms with Gasteiger partial charge in [0.15, 0.2) is 5.89 Å². The van der Waals surface area contributed by atoms with Crippen molar-refractivity contribution >= 4 is 15.7 Å². The topological polar surface area (TPSA) is 63.4 Å². The largest absolute Gasteiger partial charge is 0.449 e. The number of nitrogens with zero attached hydrogens (tertiary/aromatic N) is 2. The molecule has 0 spiro atoms. The predicted octanol–water partition coefficient (Wildman–Crippen LogP) is 5.09. The molecule has 4 aromatic rings. The van der Waals surface area contributed by atoms with Crippen LogP contribution in [0.4, 0.5) is 5.69 Å². The molecule has 152 valence electrons. The minimum atomic E-state index is -3.73. The van der Waals surface area contributed by atoms with E-state index in [-0.39, 0.29) is 4.90 Å². The fourth-order valence-electron chi connectivity index (χ4n) is 3.28. The molecule has 0 saturated heterocycles. The highest BCUT2D eigenvalue weighted by Gasteiger charge is 2.25. The Morgan fingerprint density at radius 1 is 0.867 bits per heavy atom. The molecule has 0 radical (unpaired) electrons. The summed E-state index contributed by atoms with van der Waals surface area (Å²) in [5.74, 6) is 0.567. The van der Waals surface area contributed by atoms with Crippen LogP contribution in [0.3, 0.4) is 0 Å². The Kier molecular flexibility index (Phi) is 5.68. The fourth-order valence-corrected chi connectivity index (χ4v) is 4.74. The second kappa shape index (κ2) is 8.55. The van der Waals surface area contributed by atoms with Crippen molar-refractivity contribution < 1.29 is 12.8 Å². The van der Waals surface area contributed by atoms with E-state index in [9.17, 15) is 8.42 Å². The van der Waals surface area contributed by atoms with Gasteiger partial charge in [-0.15, -0.1) is 0 Å². The SMILES string of the molecule is Cc1nc(-c2ccc(S(=O)(=O)N(CCc3ccccc3)c3ccccc3)cc2)co1. The summed E-state index contributed by atoms with van der Waals surface area (Å²) < 4.78 is 33.7. The Balaban J connectivity index is 1.64. The molecule has 30 heavy (non-hydrogen) atoms. The minimum Gasteiger partial charge on any atom is -0.449 e. The summed E-state index contributed by atoms with van der Waals surface area (Å²) in [5.41, 5.74) is 3.22. The quantitative estimate of drug-likeness (QED) is 0.419. The third kappa shape index (κ3) is 4.28. The van der Waals surface area contributed by atoms with E-state index < -0.39 is 10.0 Å². The van der Waals surface area contributed by atoms with Crippen LogP contribution in [0.5, 0.6) is 0 Å². The van der Waals surface area contributed by atoms with Crippen molar-refractivity contribution in [3.63, 3.8) is 0 Å². The van der Waals surface area contributed by atoms with Crippen LogP contribution in [0.15, 0.2) is 101 Å². The van der Waals surface area contributed by atoms with E-state index in [4.69, 9.17) is 4.42 Å². The second-order valence-corrected chi connectivity index (χ2v) is 8.79. The first-order chi connectivity index (χ1) is 14.5. The maximum atomic E-state index is 13.5. The van der Waals surface area contributed by atoms with Crippen molar-refractivity contribution in [2.45, 2.75) is 18.2 Å². The molecule has 0 aliphatic carbocycles. The Hall–Kier alpha value is -3.38. The lowest BCUT2D eigenvalue weighted by atomic mass is 10.1. The average molecular weight is 419 g/mol. The Labute approximate surface area is 176 Å². The van der Waals surface area contributed by atoms with Crippen LogP contribution in [0.2, 0.25) is 0 Å². The molecule has 0 fully saturated rings. The van der Waals surface area contributed by atoms with Crippen molar-refractivity contribution in [2.75, 3.05) is 10.8 Å². The Bertz CT molecular complexity index is 1200. The van der Waals surface area contributed by atoms with E-state index in [0.29, 0.717) is 30.2 Å².